The van der Waals surface area contributed by atoms with Crippen LogP contribution in [0, 0.1) is 17.3 Å². The third-order valence-corrected chi connectivity index (χ3v) is 10.7. The Hall–Kier alpha value is -3.82. The highest BCUT2D eigenvalue weighted by Gasteiger charge is 2.68. The first-order valence-electron chi connectivity index (χ1n) is 18.0. The smallest absolute Gasteiger partial charge is 0.407 e. The lowest BCUT2D eigenvalue weighted by molar-refractivity contribution is -0.289. The van der Waals surface area contributed by atoms with Crippen LogP contribution in [0.3, 0.4) is 0 Å². The Kier molecular flexibility index (Phi) is 12.3. The number of aliphatic hydroxyl groups excluding tert-OH is 3. The summed E-state index contributed by atoms with van der Waals surface area (Å²) in [6.45, 7) is 13.9. The van der Waals surface area contributed by atoms with Gasteiger partial charge in [-0.1, -0.05) is 45.9 Å². The van der Waals surface area contributed by atoms with E-state index in [1.54, 1.807) is 39.0 Å². The molecule has 14 nitrogen and oxygen atoms in total. The van der Waals surface area contributed by atoms with Crippen LogP contribution in [0.4, 0.5) is 4.79 Å². The van der Waals surface area contributed by atoms with Crippen molar-refractivity contribution in [2.75, 3.05) is 13.2 Å². The van der Waals surface area contributed by atoms with E-state index in [1.807, 2.05) is 13.8 Å². The number of ketones is 1. The van der Waals surface area contributed by atoms with Gasteiger partial charge in [0.1, 0.15) is 29.0 Å². The zero-order chi connectivity index (χ0) is 39.8. The molecule has 53 heavy (non-hydrogen) atoms. The molecule has 8 atom stereocenters. The highest BCUT2D eigenvalue weighted by molar-refractivity contribution is 6.09. The fraction of sp³-hybridized carbons (Fsp3) is 0.641. The highest BCUT2D eigenvalue weighted by atomic mass is 16.6. The maximum atomic E-state index is 14.3. The van der Waals surface area contributed by atoms with Crippen LogP contribution >= 0.6 is 0 Å². The van der Waals surface area contributed by atoms with Gasteiger partial charge in [-0.2, -0.15) is 0 Å². The van der Waals surface area contributed by atoms with Crippen LogP contribution in [-0.2, 0) is 28.5 Å². The van der Waals surface area contributed by atoms with Crippen molar-refractivity contribution in [2.24, 2.45) is 17.3 Å². The van der Waals surface area contributed by atoms with Gasteiger partial charge in [-0.15, -0.1) is 0 Å². The number of benzene rings is 1. The summed E-state index contributed by atoms with van der Waals surface area (Å²) < 4.78 is 23.0. The number of esters is 2. The van der Waals surface area contributed by atoms with Gasteiger partial charge in [0.15, 0.2) is 11.9 Å². The molecular formula is C39H55NO13. The minimum Gasteiger partial charge on any atom is -0.504 e. The topological polar surface area (TPSA) is 218 Å². The SMILES string of the molecule is CC1=C2C(=O)/C(O)=C(/C)[C@@H]([C@]3(O)CO[C@@H]3CCO)[C@H](OC(=O)c3ccccc3)[C@](O)(C[C@@H]1OC(=O)[C@H](O)[C@H](CC(C)C)NC(=O)OC(C)(C)C)C2(C)C. The van der Waals surface area contributed by atoms with Crippen molar-refractivity contribution < 1.29 is 63.7 Å². The number of nitrogens with one attached hydrogen (secondary N) is 1. The molecule has 6 N–H and O–H groups in total. The van der Waals surface area contributed by atoms with Crippen LogP contribution in [0.1, 0.15) is 91.9 Å². The lowest BCUT2D eigenvalue weighted by Crippen LogP contribution is -2.72. The van der Waals surface area contributed by atoms with Gasteiger partial charge in [0.05, 0.1) is 30.2 Å². The van der Waals surface area contributed by atoms with E-state index in [0.29, 0.717) is 0 Å². The molecule has 1 heterocycles. The number of rotatable bonds is 11. The van der Waals surface area contributed by atoms with E-state index in [0.717, 1.165) is 0 Å². The number of ether oxygens (including phenoxy) is 4. The summed E-state index contributed by atoms with van der Waals surface area (Å²) in [4.78, 5) is 54.5. The van der Waals surface area contributed by atoms with Crippen LogP contribution in [0.25, 0.3) is 0 Å². The Morgan fingerprint density at radius 3 is 2.19 bits per heavy atom. The van der Waals surface area contributed by atoms with E-state index in [-0.39, 0.29) is 54.3 Å². The van der Waals surface area contributed by atoms with Crippen LogP contribution in [0.5, 0.6) is 0 Å². The summed E-state index contributed by atoms with van der Waals surface area (Å²) in [5.74, 6) is -5.28. The zero-order valence-corrected chi connectivity index (χ0v) is 32.0. The van der Waals surface area contributed by atoms with Crippen molar-refractivity contribution >= 4 is 23.8 Å². The van der Waals surface area contributed by atoms with Gasteiger partial charge >= 0.3 is 18.0 Å². The van der Waals surface area contributed by atoms with Gasteiger partial charge < -0.3 is 49.8 Å². The molecule has 1 fully saturated rings. The second-order valence-electron chi connectivity index (χ2n) is 16.4. The number of carbonyl (C=O) groups is 4. The third kappa shape index (κ3) is 8.16. The summed E-state index contributed by atoms with van der Waals surface area (Å²) in [6, 6.07) is 6.77. The molecular weight excluding hydrogens is 690 g/mol. The Bertz CT molecular complexity index is 1630. The quantitative estimate of drug-likeness (QED) is 0.142. The van der Waals surface area contributed by atoms with E-state index < -0.39 is 94.6 Å². The largest absolute Gasteiger partial charge is 0.504 e. The number of amides is 1. The molecule has 294 valence electrons. The molecule has 3 aliphatic rings. The second-order valence-corrected chi connectivity index (χ2v) is 16.4. The normalized spacial score (nSPS) is 31.1. The van der Waals surface area contributed by atoms with Crippen LogP contribution < -0.4 is 5.32 Å². The number of carbonyl (C=O) groups excluding carboxylic acids is 4. The molecule has 4 rings (SSSR count). The second kappa shape index (κ2) is 15.5. The standard InChI is InChI=1S/C39H55NO13/c1-20(2)17-24(40-35(47)53-36(5,6)7)30(43)34(46)51-25-18-39(49)32(52-33(45)23-13-11-10-12-14-23)28(38(48)19-50-26(38)15-16-41)22(4)29(42)31(44)27(21(25)3)37(39,8)9/h10-14,20,24-26,28,30,32,41-43,48-49H,15-19H2,1-9H3,(H,40,47)/b29-22+/t24-,25-,26+,28+,30+,32-,38-,39+/m0/s1. The summed E-state index contributed by atoms with van der Waals surface area (Å²) in [5, 5.41) is 60.4. The van der Waals surface area contributed by atoms with Gasteiger partial charge in [0.2, 0.25) is 5.78 Å². The molecule has 0 aromatic heterocycles. The van der Waals surface area contributed by atoms with E-state index in [1.165, 1.54) is 39.8 Å². The predicted molar refractivity (Wildman–Crippen MR) is 190 cm³/mol. The van der Waals surface area contributed by atoms with Crippen molar-refractivity contribution in [2.45, 2.75) is 129 Å². The Morgan fingerprint density at radius 2 is 1.66 bits per heavy atom. The minimum absolute atomic E-state index is 0.0482. The Labute approximate surface area is 310 Å². The minimum atomic E-state index is -2.29. The van der Waals surface area contributed by atoms with Crippen molar-refractivity contribution in [3.8, 4) is 0 Å². The van der Waals surface area contributed by atoms with Crippen molar-refractivity contribution in [3.63, 3.8) is 0 Å². The fourth-order valence-corrected chi connectivity index (χ4v) is 7.85. The summed E-state index contributed by atoms with van der Waals surface area (Å²) >= 11 is 0. The molecule has 1 aromatic carbocycles. The summed E-state index contributed by atoms with van der Waals surface area (Å²) in [7, 11) is 0. The molecule has 1 aliphatic heterocycles. The van der Waals surface area contributed by atoms with Crippen molar-refractivity contribution in [3.05, 3.63) is 58.4 Å². The first-order valence-corrected chi connectivity index (χ1v) is 18.0. The lowest BCUT2D eigenvalue weighted by Gasteiger charge is -2.59. The first kappa shape index (κ1) is 41.9. The van der Waals surface area contributed by atoms with Gasteiger partial charge in [-0.3, -0.25) is 4.79 Å². The van der Waals surface area contributed by atoms with Crippen LogP contribution in [-0.4, -0.2) is 110 Å². The number of fused-ring (bicyclic) bond motifs is 2. The number of hydrogen-bond donors (Lipinski definition) is 6. The highest BCUT2D eigenvalue weighted by Crippen LogP contribution is 2.57. The Morgan fingerprint density at radius 1 is 1.04 bits per heavy atom. The number of Topliss-reactive ketones (excluding diaryl/α,β-unsaturated/α-hetero) is 1. The fourth-order valence-electron chi connectivity index (χ4n) is 7.85. The average Bonchev–Trinajstić information content (AvgIpc) is 3.06. The molecule has 2 bridgehead atoms. The summed E-state index contributed by atoms with van der Waals surface area (Å²) in [6.07, 6.45) is -7.29. The molecule has 1 aromatic rings. The van der Waals surface area contributed by atoms with E-state index in [2.05, 4.69) is 5.32 Å². The Balaban J connectivity index is 1.84. The number of hydrogen-bond acceptors (Lipinski definition) is 13. The monoisotopic (exact) mass is 745 g/mol. The lowest BCUT2D eigenvalue weighted by atomic mass is 9.53. The summed E-state index contributed by atoms with van der Waals surface area (Å²) in [5.41, 5.74) is -6.62. The maximum absolute atomic E-state index is 14.3. The molecule has 0 spiro atoms. The molecule has 0 radical (unpaired) electrons. The van der Waals surface area contributed by atoms with Gasteiger partial charge in [0, 0.05) is 24.0 Å². The number of alkyl carbamates (subject to hydrolysis) is 1. The number of aliphatic hydroxyl groups is 5. The van der Waals surface area contributed by atoms with Gasteiger partial charge in [0.25, 0.3) is 0 Å². The molecule has 1 amide bonds. The van der Waals surface area contributed by atoms with Gasteiger partial charge in [-0.25, -0.2) is 14.4 Å². The zero-order valence-electron chi connectivity index (χ0n) is 32.0. The predicted octanol–water partition coefficient (Wildman–Crippen LogP) is 3.44. The molecule has 2 aliphatic carbocycles. The molecule has 14 heteroatoms. The van der Waals surface area contributed by atoms with E-state index in [4.69, 9.17) is 18.9 Å². The van der Waals surface area contributed by atoms with Crippen LogP contribution in [0.15, 0.2) is 52.8 Å². The van der Waals surface area contributed by atoms with Crippen molar-refractivity contribution in [1.82, 2.24) is 5.32 Å². The van der Waals surface area contributed by atoms with Gasteiger partial charge in [-0.05, 0) is 76.7 Å². The average molecular weight is 746 g/mol. The third-order valence-electron chi connectivity index (χ3n) is 10.7. The first-order chi connectivity index (χ1) is 24.5. The molecule has 1 saturated heterocycles. The van der Waals surface area contributed by atoms with E-state index >= 15 is 0 Å². The van der Waals surface area contributed by atoms with Crippen molar-refractivity contribution in [1.29, 1.82) is 0 Å². The van der Waals surface area contributed by atoms with Crippen LogP contribution in [0.2, 0.25) is 0 Å². The number of allylic oxidation sites excluding steroid dienone is 1. The van der Waals surface area contributed by atoms with E-state index in [9.17, 15) is 44.7 Å². The molecule has 0 saturated carbocycles. The molecule has 0 unspecified atom stereocenters. The maximum Gasteiger partial charge on any atom is 0.407 e.